The van der Waals surface area contributed by atoms with E-state index in [-0.39, 0.29) is 18.3 Å². The SMILES string of the molecule is CSc1ccc(-c2ccc3c(c2)COC(C2CCN(C(=O)OCc4ccccc4)CC2)O3)c(C)c1. The quantitative estimate of drug-likeness (QED) is 0.375. The van der Waals surface area contributed by atoms with E-state index in [4.69, 9.17) is 14.2 Å². The number of thioether (sulfide) groups is 1. The number of likely N-dealkylation sites (tertiary alicyclic amines) is 1. The van der Waals surface area contributed by atoms with Crippen molar-refractivity contribution in [2.24, 2.45) is 5.92 Å². The highest BCUT2D eigenvalue weighted by molar-refractivity contribution is 7.98. The van der Waals surface area contributed by atoms with E-state index in [1.165, 1.54) is 21.6 Å². The van der Waals surface area contributed by atoms with Gasteiger partial charge in [-0.1, -0.05) is 42.5 Å². The van der Waals surface area contributed by atoms with Crippen molar-refractivity contribution < 1.29 is 19.0 Å². The summed E-state index contributed by atoms with van der Waals surface area (Å²) >= 11 is 1.76. The lowest BCUT2D eigenvalue weighted by molar-refractivity contribution is -0.148. The van der Waals surface area contributed by atoms with Crippen LogP contribution in [0.4, 0.5) is 4.79 Å². The third kappa shape index (κ3) is 5.49. The molecule has 3 aromatic rings. The zero-order chi connectivity index (χ0) is 24.2. The normalized spacial score (nSPS) is 18.0. The zero-order valence-corrected chi connectivity index (χ0v) is 21.1. The number of piperidine rings is 1. The molecule has 35 heavy (non-hydrogen) atoms. The van der Waals surface area contributed by atoms with Crippen LogP contribution in [-0.2, 0) is 22.7 Å². The van der Waals surface area contributed by atoms with Gasteiger partial charge in [-0.15, -0.1) is 11.8 Å². The molecule has 1 atom stereocenters. The smallest absolute Gasteiger partial charge is 0.410 e. The van der Waals surface area contributed by atoms with Crippen molar-refractivity contribution in [3.05, 3.63) is 83.4 Å². The van der Waals surface area contributed by atoms with E-state index in [0.29, 0.717) is 26.3 Å². The first-order valence-corrected chi connectivity index (χ1v) is 13.3. The van der Waals surface area contributed by atoms with Gasteiger partial charge < -0.3 is 19.1 Å². The van der Waals surface area contributed by atoms with E-state index < -0.39 is 0 Å². The Morgan fingerprint density at radius 3 is 2.60 bits per heavy atom. The molecule has 0 bridgehead atoms. The van der Waals surface area contributed by atoms with Crippen LogP contribution < -0.4 is 4.74 Å². The number of carbonyl (C=O) groups is 1. The van der Waals surface area contributed by atoms with Gasteiger partial charge in [0.15, 0.2) is 0 Å². The number of hydrogen-bond donors (Lipinski definition) is 0. The van der Waals surface area contributed by atoms with Gasteiger partial charge in [0.1, 0.15) is 12.4 Å². The van der Waals surface area contributed by atoms with Gasteiger partial charge in [0, 0.05) is 29.5 Å². The number of hydrogen-bond acceptors (Lipinski definition) is 5. The van der Waals surface area contributed by atoms with Crippen molar-refractivity contribution >= 4 is 17.9 Å². The Balaban J connectivity index is 1.16. The number of aryl methyl sites for hydroxylation is 1. The maximum atomic E-state index is 12.5. The van der Waals surface area contributed by atoms with Crippen LogP contribution in [0.5, 0.6) is 5.75 Å². The molecule has 1 saturated heterocycles. The minimum absolute atomic E-state index is 0.252. The Hall–Kier alpha value is -2.96. The highest BCUT2D eigenvalue weighted by Gasteiger charge is 2.33. The monoisotopic (exact) mass is 489 g/mol. The summed E-state index contributed by atoms with van der Waals surface area (Å²) in [6.45, 7) is 4.29. The minimum Gasteiger partial charge on any atom is -0.464 e. The molecule has 0 N–H and O–H groups in total. The number of ether oxygens (including phenoxy) is 3. The van der Waals surface area contributed by atoms with Crippen LogP contribution in [0.25, 0.3) is 11.1 Å². The van der Waals surface area contributed by atoms with Crippen LogP contribution in [-0.4, -0.2) is 36.6 Å². The van der Waals surface area contributed by atoms with Gasteiger partial charge in [0.2, 0.25) is 6.29 Å². The summed E-state index contributed by atoms with van der Waals surface area (Å²) in [6.07, 6.45) is 3.23. The van der Waals surface area contributed by atoms with Crippen LogP contribution >= 0.6 is 11.8 Å². The predicted octanol–water partition coefficient (Wildman–Crippen LogP) is 6.67. The summed E-state index contributed by atoms with van der Waals surface area (Å²) in [5, 5.41) is 0. The fourth-order valence-corrected chi connectivity index (χ4v) is 5.29. The Morgan fingerprint density at radius 1 is 1.06 bits per heavy atom. The number of carbonyl (C=O) groups excluding carboxylic acids is 1. The molecule has 2 aliphatic heterocycles. The number of amides is 1. The van der Waals surface area contributed by atoms with Crippen molar-refractivity contribution in [3.63, 3.8) is 0 Å². The second-order valence-corrected chi connectivity index (χ2v) is 10.0. The number of nitrogens with zero attached hydrogens (tertiary/aromatic N) is 1. The third-order valence-electron chi connectivity index (χ3n) is 6.84. The topological polar surface area (TPSA) is 48.0 Å². The molecule has 1 amide bonds. The van der Waals surface area contributed by atoms with Gasteiger partial charge in [0.25, 0.3) is 0 Å². The number of fused-ring (bicyclic) bond motifs is 1. The second-order valence-electron chi connectivity index (χ2n) is 9.17. The average Bonchev–Trinajstić information content (AvgIpc) is 2.91. The summed E-state index contributed by atoms with van der Waals surface area (Å²) in [4.78, 5) is 15.5. The lowest BCUT2D eigenvalue weighted by Crippen LogP contribution is -2.44. The summed E-state index contributed by atoms with van der Waals surface area (Å²) in [6, 6.07) is 22.7. The number of rotatable bonds is 5. The maximum Gasteiger partial charge on any atom is 0.410 e. The zero-order valence-electron chi connectivity index (χ0n) is 20.2. The molecule has 2 heterocycles. The Labute approximate surface area is 211 Å². The van der Waals surface area contributed by atoms with E-state index in [1.807, 2.05) is 30.3 Å². The summed E-state index contributed by atoms with van der Waals surface area (Å²) < 4.78 is 17.9. The Bertz CT molecular complexity index is 1170. The summed E-state index contributed by atoms with van der Waals surface area (Å²) in [5.41, 5.74) is 5.75. The van der Waals surface area contributed by atoms with Gasteiger partial charge in [-0.2, -0.15) is 0 Å². The fraction of sp³-hybridized carbons (Fsp3) is 0.345. The molecule has 0 aromatic heterocycles. The first kappa shape index (κ1) is 23.8. The van der Waals surface area contributed by atoms with Crippen molar-refractivity contribution in [1.82, 2.24) is 4.90 Å². The molecular weight excluding hydrogens is 458 g/mol. The number of benzene rings is 3. The van der Waals surface area contributed by atoms with Crippen LogP contribution in [0.3, 0.4) is 0 Å². The first-order chi connectivity index (χ1) is 17.1. The molecule has 5 rings (SSSR count). The van der Waals surface area contributed by atoms with E-state index in [9.17, 15) is 4.79 Å². The highest BCUT2D eigenvalue weighted by atomic mass is 32.2. The molecule has 6 heteroatoms. The largest absolute Gasteiger partial charge is 0.464 e. The van der Waals surface area contributed by atoms with E-state index in [2.05, 4.69) is 49.6 Å². The van der Waals surface area contributed by atoms with Gasteiger partial charge in [0.05, 0.1) is 6.61 Å². The standard InChI is InChI=1S/C29H31NO4S/c1-20-16-25(35-2)9-10-26(20)23-8-11-27-24(17-23)19-32-28(34-27)22-12-14-30(15-13-22)29(31)33-18-21-6-4-3-5-7-21/h3-11,16-17,22,28H,12-15,18-19H2,1-2H3. The van der Waals surface area contributed by atoms with Crippen LogP contribution in [0.2, 0.25) is 0 Å². The van der Waals surface area contributed by atoms with E-state index in [0.717, 1.165) is 29.7 Å². The van der Waals surface area contributed by atoms with Gasteiger partial charge in [-0.05, 0) is 72.5 Å². The van der Waals surface area contributed by atoms with Gasteiger partial charge >= 0.3 is 6.09 Å². The lowest BCUT2D eigenvalue weighted by atomic mass is 9.95. The van der Waals surface area contributed by atoms with Crippen LogP contribution in [0.1, 0.15) is 29.5 Å². The molecule has 0 saturated carbocycles. The Kier molecular flexibility index (Phi) is 7.30. The first-order valence-electron chi connectivity index (χ1n) is 12.1. The molecule has 0 radical (unpaired) electrons. The molecule has 0 spiro atoms. The van der Waals surface area contributed by atoms with Crippen molar-refractivity contribution in [1.29, 1.82) is 0 Å². The second kappa shape index (κ2) is 10.8. The average molecular weight is 490 g/mol. The fourth-order valence-electron chi connectivity index (χ4n) is 4.79. The third-order valence-corrected chi connectivity index (χ3v) is 7.56. The summed E-state index contributed by atoms with van der Waals surface area (Å²) in [7, 11) is 0. The molecular formula is C29H31NO4S. The minimum atomic E-state index is -0.279. The van der Waals surface area contributed by atoms with Gasteiger partial charge in [-0.3, -0.25) is 0 Å². The van der Waals surface area contributed by atoms with Crippen molar-refractivity contribution in [2.45, 2.75) is 44.2 Å². The Morgan fingerprint density at radius 2 is 1.86 bits per heavy atom. The molecule has 1 fully saturated rings. The maximum absolute atomic E-state index is 12.5. The molecule has 182 valence electrons. The highest BCUT2D eigenvalue weighted by Crippen LogP contribution is 2.36. The molecule has 1 unspecified atom stereocenters. The van der Waals surface area contributed by atoms with Crippen molar-refractivity contribution in [2.75, 3.05) is 19.3 Å². The molecule has 5 nitrogen and oxygen atoms in total. The van der Waals surface area contributed by atoms with E-state index in [1.54, 1.807) is 16.7 Å². The van der Waals surface area contributed by atoms with Crippen LogP contribution in [0.15, 0.2) is 71.6 Å². The lowest BCUT2D eigenvalue weighted by Gasteiger charge is -2.37. The predicted molar refractivity (Wildman–Crippen MR) is 139 cm³/mol. The van der Waals surface area contributed by atoms with Crippen LogP contribution in [0, 0.1) is 12.8 Å². The molecule has 0 aliphatic carbocycles. The molecule has 2 aliphatic rings. The molecule has 3 aromatic carbocycles. The van der Waals surface area contributed by atoms with Gasteiger partial charge in [-0.25, -0.2) is 4.79 Å². The van der Waals surface area contributed by atoms with Crippen molar-refractivity contribution in [3.8, 4) is 16.9 Å². The van der Waals surface area contributed by atoms with E-state index >= 15 is 0 Å². The summed E-state index contributed by atoms with van der Waals surface area (Å²) in [5.74, 6) is 1.15.